The lowest BCUT2D eigenvalue weighted by atomic mass is 9.89. The SMILES string of the molecule is Cc1nc(NC(=O)C2CCCCC2)sc1CC(=O)O. The average molecular weight is 282 g/mol. The Morgan fingerprint density at radius 3 is 2.68 bits per heavy atom. The van der Waals surface area contributed by atoms with E-state index in [1.807, 2.05) is 0 Å². The number of thiazole rings is 1. The first-order chi connectivity index (χ1) is 9.06. The molecule has 1 amide bonds. The molecule has 0 saturated heterocycles. The van der Waals surface area contributed by atoms with Crippen LogP contribution in [0.3, 0.4) is 0 Å². The van der Waals surface area contributed by atoms with Gasteiger partial charge in [0.2, 0.25) is 5.91 Å². The summed E-state index contributed by atoms with van der Waals surface area (Å²) in [5.74, 6) is -0.770. The fourth-order valence-electron chi connectivity index (χ4n) is 2.36. The molecule has 1 aliphatic rings. The Morgan fingerprint density at radius 2 is 2.05 bits per heavy atom. The molecule has 0 aliphatic heterocycles. The number of anilines is 1. The molecule has 2 N–H and O–H groups in total. The van der Waals surface area contributed by atoms with Crippen molar-refractivity contribution < 1.29 is 14.7 Å². The summed E-state index contributed by atoms with van der Waals surface area (Å²) in [5, 5.41) is 12.1. The Labute approximate surface area is 116 Å². The standard InChI is InChI=1S/C13H18N2O3S/c1-8-10(7-11(16)17)19-13(14-8)15-12(18)9-5-3-2-4-6-9/h9H,2-7H2,1H3,(H,16,17)(H,14,15,18). The van der Waals surface area contributed by atoms with E-state index in [0.717, 1.165) is 25.7 Å². The number of amides is 1. The second kappa shape index (κ2) is 6.14. The first-order valence-corrected chi connectivity index (χ1v) is 7.37. The van der Waals surface area contributed by atoms with Gasteiger partial charge in [0, 0.05) is 10.8 Å². The van der Waals surface area contributed by atoms with Gasteiger partial charge >= 0.3 is 5.97 Å². The van der Waals surface area contributed by atoms with Crippen LogP contribution in [0.2, 0.25) is 0 Å². The highest BCUT2D eigenvalue weighted by Crippen LogP contribution is 2.27. The molecule has 104 valence electrons. The van der Waals surface area contributed by atoms with Crippen molar-refractivity contribution in [2.45, 2.75) is 45.4 Å². The zero-order valence-corrected chi connectivity index (χ0v) is 11.8. The van der Waals surface area contributed by atoms with Crippen LogP contribution >= 0.6 is 11.3 Å². The zero-order chi connectivity index (χ0) is 13.8. The maximum Gasteiger partial charge on any atom is 0.308 e. The topological polar surface area (TPSA) is 79.3 Å². The summed E-state index contributed by atoms with van der Waals surface area (Å²) in [6, 6.07) is 0. The molecule has 1 fully saturated rings. The summed E-state index contributed by atoms with van der Waals surface area (Å²) in [4.78, 5) is 27.7. The summed E-state index contributed by atoms with van der Waals surface area (Å²) in [6.45, 7) is 1.77. The summed E-state index contributed by atoms with van der Waals surface area (Å²) >= 11 is 1.26. The maximum atomic E-state index is 12.0. The quantitative estimate of drug-likeness (QED) is 0.889. The molecule has 0 aromatic carbocycles. The number of aryl methyl sites for hydroxylation is 1. The van der Waals surface area contributed by atoms with Crippen LogP contribution in [0.5, 0.6) is 0 Å². The molecule has 6 heteroatoms. The smallest absolute Gasteiger partial charge is 0.308 e. The maximum absolute atomic E-state index is 12.0. The molecule has 1 heterocycles. The van der Waals surface area contributed by atoms with E-state index in [4.69, 9.17) is 5.11 Å². The van der Waals surface area contributed by atoms with Crippen LogP contribution < -0.4 is 5.32 Å². The predicted octanol–water partition coefficient (Wildman–Crippen LogP) is 2.60. The number of carboxylic acids is 1. The fraction of sp³-hybridized carbons (Fsp3) is 0.615. The summed E-state index contributed by atoms with van der Waals surface area (Å²) in [5.41, 5.74) is 0.686. The Bertz CT molecular complexity index is 478. The molecule has 2 rings (SSSR count). The lowest BCUT2D eigenvalue weighted by Crippen LogP contribution is -2.24. The highest BCUT2D eigenvalue weighted by atomic mass is 32.1. The van der Waals surface area contributed by atoms with Crippen molar-refractivity contribution in [2.24, 2.45) is 5.92 Å². The van der Waals surface area contributed by atoms with Gasteiger partial charge in [-0.05, 0) is 19.8 Å². The monoisotopic (exact) mass is 282 g/mol. The van der Waals surface area contributed by atoms with Crippen molar-refractivity contribution >= 4 is 28.3 Å². The van der Waals surface area contributed by atoms with Gasteiger partial charge in [-0.3, -0.25) is 9.59 Å². The molecule has 5 nitrogen and oxygen atoms in total. The lowest BCUT2D eigenvalue weighted by molar-refractivity contribution is -0.136. The number of nitrogens with one attached hydrogen (secondary N) is 1. The van der Waals surface area contributed by atoms with E-state index in [1.165, 1.54) is 17.8 Å². The third-order valence-electron chi connectivity index (χ3n) is 3.41. The number of hydrogen-bond acceptors (Lipinski definition) is 4. The molecule has 1 saturated carbocycles. The molecule has 1 aromatic heterocycles. The predicted molar refractivity (Wildman–Crippen MR) is 73.4 cm³/mol. The normalized spacial score (nSPS) is 16.3. The fourth-order valence-corrected chi connectivity index (χ4v) is 3.31. The molecular weight excluding hydrogens is 264 g/mol. The van der Waals surface area contributed by atoms with Gasteiger partial charge in [-0.15, -0.1) is 11.3 Å². The highest BCUT2D eigenvalue weighted by Gasteiger charge is 2.22. The first kappa shape index (κ1) is 14.0. The van der Waals surface area contributed by atoms with E-state index in [1.54, 1.807) is 6.92 Å². The van der Waals surface area contributed by atoms with Gasteiger partial charge in [0.25, 0.3) is 0 Å². The molecule has 1 aromatic rings. The van der Waals surface area contributed by atoms with Crippen molar-refractivity contribution in [3.8, 4) is 0 Å². The van der Waals surface area contributed by atoms with E-state index in [2.05, 4.69) is 10.3 Å². The lowest BCUT2D eigenvalue weighted by Gasteiger charge is -2.19. The number of rotatable bonds is 4. The van der Waals surface area contributed by atoms with Crippen molar-refractivity contribution in [3.63, 3.8) is 0 Å². The number of nitrogens with zero attached hydrogens (tertiary/aromatic N) is 1. The summed E-state index contributed by atoms with van der Waals surface area (Å²) < 4.78 is 0. The number of carbonyl (C=O) groups is 2. The Hall–Kier alpha value is -1.43. The van der Waals surface area contributed by atoms with Gasteiger partial charge in [-0.25, -0.2) is 4.98 Å². The number of carboxylic acid groups (broad SMARTS) is 1. The second-order valence-corrected chi connectivity index (χ2v) is 6.01. The van der Waals surface area contributed by atoms with Gasteiger partial charge in [0.05, 0.1) is 12.1 Å². The molecular formula is C13H18N2O3S. The first-order valence-electron chi connectivity index (χ1n) is 6.55. The number of aromatic nitrogens is 1. The van der Waals surface area contributed by atoms with Crippen LogP contribution in [0.25, 0.3) is 0 Å². The van der Waals surface area contributed by atoms with E-state index >= 15 is 0 Å². The van der Waals surface area contributed by atoms with Crippen LogP contribution in [0.15, 0.2) is 0 Å². The Balaban J connectivity index is 1.98. The van der Waals surface area contributed by atoms with E-state index in [9.17, 15) is 9.59 Å². The average Bonchev–Trinajstić information content (AvgIpc) is 2.70. The Kier molecular flexibility index (Phi) is 4.52. The molecule has 0 bridgehead atoms. The van der Waals surface area contributed by atoms with Crippen LogP contribution in [-0.4, -0.2) is 22.0 Å². The minimum absolute atomic E-state index is 0.0234. The van der Waals surface area contributed by atoms with Crippen LogP contribution in [0, 0.1) is 12.8 Å². The van der Waals surface area contributed by atoms with Gasteiger partial charge < -0.3 is 10.4 Å². The van der Waals surface area contributed by atoms with Gasteiger partial charge in [0.15, 0.2) is 5.13 Å². The van der Waals surface area contributed by atoms with Gasteiger partial charge in [0.1, 0.15) is 0 Å². The van der Waals surface area contributed by atoms with Crippen molar-refractivity contribution in [3.05, 3.63) is 10.6 Å². The van der Waals surface area contributed by atoms with E-state index in [-0.39, 0.29) is 18.2 Å². The van der Waals surface area contributed by atoms with Gasteiger partial charge in [-0.1, -0.05) is 19.3 Å². The van der Waals surface area contributed by atoms with Crippen LogP contribution in [0.4, 0.5) is 5.13 Å². The van der Waals surface area contributed by atoms with Gasteiger partial charge in [-0.2, -0.15) is 0 Å². The second-order valence-electron chi connectivity index (χ2n) is 4.92. The van der Waals surface area contributed by atoms with Crippen LogP contribution in [-0.2, 0) is 16.0 Å². The zero-order valence-electron chi connectivity index (χ0n) is 10.9. The molecule has 0 radical (unpaired) electrons. The third-order valence-corrected chi connectivity index (χ3v) is 4.48. The molecule has 19 heavy (non-hydrogen) atoms. The number of hydrogen-bond donors (Lipinski definition) is 2. The summed E-state index contributed by atoms with van der Waals surface area (Å²) in [7, 11) is 0. The largest absolute Gasteiger partial charge is 0.481 e. The van der Waals surface area contributed by atoms with Crippen molar-refractivity contribution in [2.75, 3.05) is 5.32 Å². The van der Waals surface area contributed by atoms with Crippen LogP contribution in [0.1, 0.15) is 42.7 Å². The van der Waals surface area contributed by atoms with E-state index in [0.29, 0.717) is 15.7 Å². The minimum Gasteiger partial charge on any atom is -0.481 e. The van der Waals surface area contributed by atoms with Crippen molar-refractivity contribution in [1.82, 2.24) is 4.98 Å². The van der Waals surface area contributed by atoms with Crippen molar-refractivity contribution in [1.29, 1.82) is 0 Å². The Morgan fingerprint density at radius 1 is 1.37 bits per heavy atom. The molecule has 0 spiro atoms. The number of aliphatic carboxylic acids is 1. The summed E-state index contributed by atoms with van der Waals surface area (Å²) in [6.07, 6.45) is 5.28. The minimum atomic E-state index is -0.878. The third kappa shape index (κ3) is 3.76. The number of carbonyl (C=O) groups excluding carboxylic acids is 1. The molecule has 0 unspecified atom stereocenters. The molecule has 1 aliphatic carbocycles. The highest BCUT2D eigenvalue weighted by molar-refractivity contribution is 7.16. The molecule has 0 atom stereocenters. The van der Waals surface area contributed by atoms with E-state index < -0.39 is 5.97 Å².